The van der Waals surface area contributed by atoms with Crippen molar-refractivity contribution in [2.24, 2.45) is 0 Å². The Balaban J connectivity index is 0.000000162. The number of ether oxygens (including phenoxy) is 4. The molecular formula is C108H127N9O9. The fraction of sp³-hybridized carbons (Fsp3) is 0.370. The van der Waals surface area contributed by atoms with Crippen molar-refractivity contribution in [3.05, 3.63) is 329 Å². The lowest BCUT2D eigenvalue weighted by Crippen LogP contribution is -2.46. The highest BCUT2D eigenvalue weighted by Gasteiger charge is 2.33. The van der Waals surface area contributed by atoms with Gasteiger partial charge < -0.3 is 42.5 Å². The first-order valence-electron chi connectivity index (χ1n) is 45.6. The number of aryl methyl sites for hydroxylation is 3. The Labute approximate surface area is 746 Å². The Hall–Kier alpha value is -12.0. The number of carbonyl (C=O) groups is 3. The van der Waals surface area contributed by atoms with Gasteiger partial charge in [0.25, 0.3) is 17.7 Å². The predicted molar refractivity (Wildman–Crippen MR) is 503 cm³/mol. The number of furan rings is 2. The molecule has 0 aliphatic carbocycles. The molecule has 0 radical (unpaired) electrons. The molecule has 4 aromatic heterocycles. The van der Waals surface area contributed by atoms with Gasteiger partial charge >= 0.3 is 0 Å². The summed E-state index contributed by atoms with van der Waals surface area (Å²) >= 11 is 0. The number of piperidine rings is 3. The van der Waals surface area contributed by atoms with E-state index >= 15 is 0 Å². The number of rotatable bonds is 37. The Morgan fingerprint density at radius 2 is 0.651 bits per heavy atom. The maximum Gasteiger partial charge on any atom is 0.254 e. The molecule has 0 bridgehead atoms. The van der Waals surface area contributed by atoms with Crippen LogP contribution in [-0.2, 0) is 58.5 Å². The van der Waals surface area contributed by atoms with E-state index in [4.69, 9.17) is 27.8 Å². The Bertz CT molecular complexity index is 5210. The second-order valence-corrected chi connectivity index (χ2v) is 33.8. The maximum atomic E-state index is 14.1. The minimum atomic E-state index is 0.109. The fourth-order valence-electron chi connectivity index (χ4n) is 17.5. The third kappa shape index (κ3) is 26.3. The van der Waals surface area contributed by atoms with Gasteiger partial charge in [-0.2, -0.15) is 0 Å². The molecule has 3 fully saturated rings. The van der Waals surface area contributed by atoms with E-state index in [0.717, 1.165) is 183 Å². The minimum Gasteiger partial charge on any atom is -0.493 e. The Kier molecular flexibility index (Phi) is 34.9. The number of benzene rings is 8. The van der Waals surface area contributed by atoms with Crippen LogP contribution < -0.4 is 18.9 Å². The summed E-state index contributed by atoms with van der Waals surface area (Å²) in [5.74, 6) is 3.17. The molecule has 18 nitrogen and oxygen atoms in total. The van der Waals surface area contributed by atoms with Gasteiger partial charge in [-0.3, -0.25) is 34.1 Å². The number of pyridine rings is 1. The lowest BCUT2D eigenvalue weighted by Gasteiger charge is -2.39. The van der Waals surface area contributed by atoms with Crippen LogP contribution in [0.5, 0.6) is 23.0 Å². The zero-order valence-corrected chi connectivity index (χ0v) is 75.0. The highest BCUT2D eigenvalue weighted by molar-refractivity contribution is 5.96. The van der Waals surface area contributed by atoms with Crippen LogP contribution in [0.2, 0.25) is 0 Å². The summed E-state index contributed by atoms with van der Waals surface area (Å²) in [6.07, 6.45) is 35.9. The minimum absolute atomic E-state index is 0.109. The molecule has 15 rings (SSSR count). The van der Waals surface area contributed by atoms with Crippen LogP contribution in [0, 0.1) is 0 Å². The lowest BCUT2D eigenvalue weighted by atomic mass is 9.98. The van der Waals surface area contributed by atoms with Gasteiger partial charge in [0, 0.05) is 155 Å². The van der Waals surface area contributed by atoms with Crippen molar-refractivity contribution in [2.75, 3.05) is 67.7 Å². The molecule has 12 aromatic rings. The quantitative estimate of drug-likeness (QED) is 0.0336. The summed E-state index contributed by atoms with van der Waals surface area (Å²) in [7, 11) is 6.59. The van der Waals surface area contributed by atoms with Crippen molar-refractivity contribution in [3.63, 3.8) is 0 Å². The van der Waals surface area contributed by atoms with Crippen LogP contribution in [0.3, 0.4) is 0 Å². The number of likely N-dealkylation sites (tertiary alicyclic amines) is 3. The van der Waals surface area contributed by atoms with Crippen molar-refractivity contribution in [2.45, 2.75) is 194 Å². The van der Waals surface area contributed by atoms with Crippen molar-refractivity contribution in [1.29, 1.82) is 0 Å². The van der Waals surface area contributed by atoms with Crippen molar-refractivity contribution in [1.82, 2.24) is 44.4 Å². The monoisotopic (exact) mass is 1690 g/mol. The van der Waals surface area contributed by atoms with Gasteiger partial charge in [0.1, 0.15) is 6.33 Å². The average Bonchev–Trinajstić information content (AvgIpc) is 1.01. The molecule has 0 atom stereocenters. The number of amides is 3. The lowest BCUT2D eigenvalue weighted by molar-refractivity contribution is 0.0536. The molecule has 658 valence electrons. The van der Waals surface area contributed by atoms with Crippen LogP contribution in [0.4, 0.5) is 0 Å². The first-order valence-corrected chi connectivity index (χ1v) is 45.6. The van der Waals surface area contributed by atoms with Crippen molar-refractivity contribution < 1.29 is 42.2 Å². The largest absolute Gasteiger partial charge is 0.493 e. The molecule has 3 aliphatic rings. The van der Waals surface area contributed by atoms with E-state index in [-0.39, 0.29) is 35.8 Å². The van der Waals surface area contributed by atoms with Crippen LogP contribution in [-0.4, -0.2) is 148 Å². The van der Waals surface area contributed by atoms with E-state index in [1.54, 1.807) is 47.3 Å². The van der Waals surface area contributed by atoms with Gasteiger partial charge in [0.05, 0.1) is 53.5 Å². The summed E-state index contributed by atoms with van der Waals surface area (Å²) in [5, 5.41) is 0. The van der Waals surface area contributed by atoms with Crippen LogP contribution in [0.15, 0.2) is 271 Å². The van der Waals surface area contributed by atoms with Gasteiger partial charge in [0.2, 0.25) is 0 Å². The maximum absolute atomic E-state index is 14.1. The number of aromatic nitrogens is 3. The molecule has 7 heterocycles. The number of unbranched alkanes of at least 4 members (excludes halogenated alkanes) is 6. The zero-order chi connectivity index (χ0) is 87.6. The summed E-state index contributed by atoms with van der Waals surface area (Å²) in [6, 6.07) is 71.0. The molecule has 0 unspecified atom stereocenters. The SMILES string of the molecule is CCCCCc1ccc(C(=O)N(Cc2ccc(-c3ccc(OC)c(OC)c3)cc2)C2CCN(Cc3cccnc3)CC2)cc1.CCCCCc1ccc(C(=O)N(Cc2ccc(-c3ccc(OC)c(OC)c3)cc2)C2CCN(Cc3ccoc3)CC2)cc1.CCCCCc1ccc(C(=O)N(Cc2ccc(-c3cncnc3)cc2)C2CCN(Cc3ccoc3)CC2)cc1. The van der Waals surface area contributed by atoms with Gasteiger partial charge in [0.15, 0.2) is 23.0 Å². The third-order valence-corrected chi connectivity index (χ3v) is 24.9. The van der Waals surface area contributed by atoms with E-state index in [1.165, 1.54) is 91.2 Å². The topological polar surface area (TPSA) is 173 Å². The summed E-state index contributed by atoms with van der Waals surface area (Å²) < 4.78 is 32.3. The summed E-state index contributed by atoms with van der Waals surface area (Å²) in [4.78, 5) is 68.3. The van der Waals surface area contributed by atoms with E-state index in [2.05, 4.69) is 180 Å². The molecule has 3 amide bonds. The molecule has 126 heavy (non-hydrogen) atoms. The van der Waals surface area contributed by atoms with E-state index in [9.17, 15) is 14.4 Å². The summed E-state index contributed by atoms with van der Waals surface area (Å²) in [5.41, 5.74) is 19.6. The van der Waals surface area contributed by atoms with Crippen molar-refractivity contribution in [3.8, 4) is 56.4 Å². The number of methoxy groups -OCH3 is 4. The van der Waals surface area contributed by atoms with Gasteiger partial charge in [-0.05, 0) is 223 Å². The highest BCUT2D eigenvalue weighted by atomic mass is 16.5. The van der Waals surface area contributed by atoms with Gasteiger partial charge in [-0.15, -0.1) is 0 Å². The molecule has 0 N–H and O–H groups in total. The number of carbonyl (C=O) groups excluding carboxylic acids is 3. The number of hydrogen-bond acceptors (Lipinski definition) is 15. The van der Waals surface area contributed by atoms with Crippen molar-refractivity contribution >= 4 is 17.7 Å². The fourth-order valence-corrected chi connectivity index (χ4v) is 17.5. The molecule has 3 saturated heterocycles. The van der Waals surface area contributed by atoms with Gasteiger partial charge in [-0.25, -0.2) is 9.97 Å². The Morgan fingerprint density at radius 3 is 0.952 bits per heavy atom. The summed E-state index contributed by atoms with van der Waals surface area (Å²) in [6.45, 7) is 16.8. The normalized spacial score (nSPS) is 14.1. The number of nitrogens with zero attached hydrogens (tertiary/aromatic N) is 9. The van der Waals surface area contributed by atoms with Crippen LogP contribution >= 0.6 is 0 Å². The van der Waals surface area contributed by atoms with Crippen LogP contribution in [0.25, 0.3) is 33.4 Å². The van der Waals surface area contributed by atoms with Gasteiger partial charge in [-0.1, -0.05) is 187 Å². The highest BCUT2D eigenvalue weighted by Crippen LogP contribution is 2.36. The molecule has 8 aromatic carbocycles. The van der Waals surface area contributed by atoms with E-state index < -0.39 is 0 Å². The molecular weight excluding hydrogens is 1570 g/mol. The number of hydrogen-bond donors (Lipinski definition) is 0. The first-order chi connectivity index (χ1) is 61.8. The zero-order valence-electron chi connectivity index (χ0n) is 75.0. The predicted octanol–water partition coefficient (Wildman–Crippen LogP) is 22.6. The molecule has 0 spiro atoms. The first kappa shape index (κ1) is 91.7. The second-order valence-electron chi connectivity index (χ2n) is 33.8. The van der Waals surface area contributed by atoms with Crippen LogP contribution in [0.1, 0.15) is 198 Å². The molecule has 18 heteroatoms. The van der Waals surface area contributed by atoms with E-state index in [0.29, 0.717) is 42.6 Å². The second kappa shape index (κ2) is 47.9. The average molecular weight is 1700 g/mol. The Morgan fingerprint density at radius 1 is 0.333 bits per heavy atom. The molecule has 0 saturated carbocycles. The standard InChI is InChI=1S/C38H45N3O3.C37H44N2O4.C33H38N4O2/c1-4-5-6-8-29-10-16-33(17-11-29)38(42)41(35-20-23-40(24-21-35)27-31-9-7-22-39-26-31)28-30-12-14-32(15-13-30)34-18-19-36(43-2)37(25-34)44-3;1-4-5-6-7-28-8-14-32(15-9-28)37(40)39(34-18-21-38(22-19-34)25-30-20-23-43-27-30)26-29-10-12-31(13-11-29)33-16-17-35(41-2)36(24-33)42-3;1-2-3-4-5-26-6-12-30(13-7-26)33(38)37(32-14-17-36(18-15-32)22-28-16-19-39-24-28)23-27-8-10-29(11-9-27)31-20-34-25-35-21-31/h7,9-19,22,25-26,35H,4-6,8,20-21,23-24,27-28H2,1-3H3;8-17,20,23-24,27,34H,4-7,18-19,21-22,25-26H2,1-3H3;6-13,16,19-21,24-25,32H,2-5,14-15,17-18,22-23H2,1H3. The van der Waals surface area contributed by atoms with E-state index in [1.807, 2.05) is 128 Å². The molecule has 3 aliphatic heterocycles. The third-order valence-electron chi connectivity index (χ3n) is 24.9. The smallest absolute Gasteiger partial charge is 0.254 e.